The van der Waals surface area contributed by atoms with Gasteiger partial charge in [0.25, 0.3) is 5.91 Å². The van der Waals surface area contributed by atoms with E-state index >= 15 is 0 Å². The van der Waals surface area contributed by atoms with Gasteiger partial charge in [-0.1, -0.05) is 30.3 Å². The minimum Gasteiger partial charge on any atom is -0.466 e. The number of para-hydroxylation sites is 1. The number of ether oxygens (including phenoxy) is 1. The molecular weight excluding hydrogens is 684 g/mol. The Kier molecular flexibility index (Phi) is 12.9. The van der Waals surface area contributed by atoms with Crippen LogP contribution in [0.5, 0.6) is 0 Å². The molecule has 0 fully saturated rings. The molecule has 0 radical (unpaired) electrons. The van der Waals surface area contributed by atoms with Crippen LogP contribution in [-0.2, 0) is 35.2 Å². The highest BCUT2D eigenvalue weighted by molar-refractivity contribution is 6.10. The first kappa shape index (κ1) is 39.9. The van der Waals surface area contributed by atoms with Gasteiger partial charge in [-0.15, -0.1) is 0 Å². The van der Waals surface area contributed by atoms with Crippen LogP contribution in [0.3, 0.4) is 0 Å². The number of hydrazine groups is 2. The lowest BCUT2D eigenvalue weighted by atomic mass is 9.93. The van der Waals surface area contributed by atoms with Crippen molar-refractivity contribution >= 4 is 58.3 Å². The van der Waals surface area contributed by atoms with E-state index in [0.29, 0.717) is 22.6 Å². The first-order valence-electron chi connectivity index (χ1n) is 17.0. The number of esters is 1. The van der Waals surface area contributed by atoms with Crippen LogP contribution in [0.15, 0.2) is 66.7 Å². The van der Waals surface area contributed by atoms with Gasteiger partial charge in [-0.3, -0.25) is 24.0 Å². The number of hydrogen-bond acceptors (Lipinski definition) is 12. The lowest BCUT2D eigenvalue weighted by Crippen LogP contribution is -2.51. The number of benzene rings is 3. The number of nitrogens with zero attached hydrogens (tertiary/aromatic N) is 4. The molecule has 282 valence electrons. The van der Waals surface area contributed by atoms with E-state index in [1.54, 1.807) is 76.2 Å². The maximum atomic E-state index is 13.9. The fourth-order valence-electron chi connectivity index (χ4n) is 5.82. The quantitative estimate of drug-likeness (QED) is 0.0813. The van der Waals surface area contributed by atoms with Crippen molar-refractivity contribution in [3.05, 3.63) is 83.4 Å². The van der Waals surface area contributed by atoms with E-state index in [1.165, 1.54) is 15.9 Å². The number of rotatable bonds is 14. The number of Topliss-reactive ketones (excluding diaryl/α,β-unsaturated/α-hetero) is 1. The van der Waals surface area contributed by atoms with E-state index in [2.05, 4.69) is 10.2 Å². The van der Waals surface area contributed by atoms with Crippen LogP contribution in [0.25, 0.3) is 0 Å². The summed E-state index contributed by atoms with van der Waals surface area (Å²) >= 11 is 0. The second kappa shape index (κ2) is 17.1. The van der Waals surface area contributed by atoms with Crippen LogP contribution in [0, 0.1) is 6.92 Å². The van der Waals surface area contributed by atoms with Gasteiger partial charge in [0.2, 0.25) is 5.91 Å². The third-order valence-corrected chi connectivity index (χ3v) is 8.88. The number of carbonyl (C=O) groups is 6. The van der Waals surface area contributed by atoms with Gasteiger partial charge >= 0.3 is 18.0 Å². The lowest BCUT2D eigenvalue weighted by molar-refractivity contribution is -0.145. The van der Waals surface area contributed by atoms with Gasteiger partial charge in [-0.05, 0) is 82.1 Å². The second-order valence-electron chi connectivity index (χ2n) is 13.1. The molecule has 16 heteroatoms. The number of amides is 4. The molecule has 0 bridgehead atoms. The van der Waals surface area contributed by atoms with Gasteiger partial charge in [-0.25, -0.2) is 26.5 Å². The van der Waals surface area contributed by atoms with Crippen molar-refractivity contribution in [1.29, 1.82) is 0 Å². The van der Waals surface area contributed by atoms with Gasteiger partial charge in [0.1, 0.15) is 6.54 Å². The molecule has 0 aliphatic carbocycles. The highest BCUT2D eigenvalue weighted by Crippen LogP contribution is 2.32. The molecule has 1 aliphatic rings. The average molecular weight is 731 g/mol. The van der Waals surface area contributed by atoms with Crippen molar-refractivity contribution in [3.63, 3.8) is 0 Å². The van der Waals surface area contributed by atoms with E-state index in [-0.39, 0.29) is 56.0 Å². The largest absolute Gasteiger partial charge is 0.466 e. The number of anilines is 4. The van der Waals surface area contributed by atoms with Crippen LogP contribution < -0.4 is 37.8 Å². The molecule has 1 atom stereocenters. The van der Waals surface area contributed by atoms with Crippen molar-refractivity contribution < 1.29 is 38.3 Å². The van der Waals surface area contributed by atoms with Gasteiger partial charge < -0.3 is 24.7 Å². The van der Waals surface area contributed by atoms with Crippen molar-refractivity contribution in [3.8, 4) is 0 Å². The van der Waals surface area contributed by atoms with Crippen molar-refractivity contribution in [1.82, 2.24) is 4.90 Å². The smallest absolute Gasteiger partial charge is 0.357 e. The topological polar surface area (TPSA) is 224 Å². The normalized spacial score (nSPS) is 13.4. The summed E-state index contributed by atoms with van der Waals surface area (Å²) < 4.78 is 5.03. The first-order valence-corrected chi connectivity index (χ1v) is 17.0. The molecule has 1 aliphatic heterocycles. The molecule has 0 spiro atoms. The Morgan fingerprint density at radius 2 is 1.64 bits per heavy atom. The summed E-state index contributed by atoms with van der Waals surface area (Å²) in [4.78, 5) is 85.0. The molecule has 4 amide bonds. The molecule has 7 N–H and O–H groups in total. The number of carbonyl (C=O) groups excluding carboxylic acids is 6. The first-order chi connectivity index (χ1) is 25.1. The van der Waals surface area contributed by atoms with Gasteiger partial charge in [0, 0.05) is 24.7 Å². The number of fused-ring (bicyclic) bond motifs is 1. The minimum absolute atomic E-state index is 0.0214. The summed E-state index contributed by atoms with van der Waals surface area (Å²) in [5.41, 5.74) is 1.98. The van der Waals surface area contributed by atoms with E-state index in [4.69, 9.17) is 22.3 Å². The molecule has 1 heterocycles. The number of urea groups is 1. The van der Waals surface area contributed by atoms with Gasteiger partial charge in [0.05, 0.1) is 47.6 Å². The van der Waals surface area contributed by atoms with Crippen LogP contribution in [0.2, 0.25) is 0 Å². The number of ketones is 1. The molecule has 0 aromatic heterocycles. The van der Waals surface area contributed by atoms with Gasteiger partial charge in [-0.2, -0.15) is 5.90 Å². The van der Waals surface area contributed by atoms with Crippen LogP contribution in [0.4, 0.5) is 27.5 Å². The van der Waals surface area contributed by atoms with Crippen LogP contribution in [-0.4, -0.2) is 71.7 Å². The Labute approximate surface area is 307 Å². The van der Waals surface area contributed by atoms with Crippen molar-refractivity contribution in [2.45, 2.75) is 65.5 Å². The van der Waals surface area contributed by atoms with Crippen LogP contribution >= 0.6 is 0 Å². The molecule has 16 nitrogen and oxygen atoms in total. The molecular formula is C37H46N8O8. The zero-order valence-electron chi connectivity index (χ0n) is 30.5. The maximum Gasteiger partial charge on any atom is 0.357 e. The maximum absolute atomic E-state index is 13.9. The lowest BCUT2D eigenvalue weighted by Gasteiger charge is -2.28. The highest BCUT2D eigenvalue weighted by Gasteiger charge is 2.36. The van der Waals surface area contributed by atoms with E-state index in [1.807, 2.05) is 19.1 Å². The standard InChI is InChI=1S/C37H46N8O8/c1-6-52-33(48)17-18-42-30-16-13-26(21-28(30)35(50)43(22-32(42)47)24(3)19-34(49)53-40)41-37(4,5)31(46)20-25-11-14-27(15-12-25)44(38)36(51)45(39)29-10-8-7-9-23(29)2/h7-16,21,24,41H,6,17-20,22,38-40H2,1-5H3. The molecule has 3 aromatic carbocycles. The van der Waals surface area contributed by atoms with E-state index < -0.39 is 41.4 Å². The molecule has 53 heavy (non-hydrogen) atoms. The summed E-state index contributed by atoms with van der Waals surface area (Å²) in [5, 5.41) is 5.09. The predicted molar refractivity (Wildman–Crippen MR) is 198 cm³/mol. The second-order valence-corrected chi connectivity index (χ2v) is 13.1. The van der Waals surface area contributed by atoms with E-state index in [0.717, 1.165) is 15.6 Å². The SMILES string of the molecule is CCOC(=O)CCN1C(=O)CN(C(C)CC(=O)ON)C(=O)c2cc(NC(C)(C)C(=O)Cc3ccc(N(N)C(=O)N(N)c4ccccc4C)cc3)ccc21. The number of aryl methyl sites for hydroxylation is 1. The third kappa shape index (κ3) is 9.54. The van der Waals surface area contributed by atoms with E-state index in [9.17, 15) is 28.8 Å². The molecule has 4 rings (SSSR count). The molecule has 1 unspecified atom stereocenters. The summed E-state index contributed by atoms with van der Waals surface area (Å²) in [5.74, 6) is 14.7. The zero-order valence-corrected chi connectivity index (χ0v) is 30.5. The van der Waals surface area contributed by atoms with Crippen LogP contribution in [0.1, 0.15) is 62.0 Å². The molecule has 0 saturated carbocycles. The Balaban J connectivity index is 1.52. The Morgan fingerprint density at radius 1 is 0.962 bits per heavy atom. The number of hydrogen-bond donors (Lipinski definition) is 4. The Hall–Kier alpha value is -5.84. The average Bonchev–Trinajstić information content (AvgIpc) is 3.23. The fraction of sp³-hybridized carbons (Fsp3) is 0.351. The zero-order chi connectivity index (χ0) is 39.0. The number of nitrogens with one attached hydrogen (secondary N) is 1. The molecule has 0 saturated heterocycles. The third-order valence-electron chi connectivity index (χ3n) is 8.88. The Morgan fingerprint density at radius 3 is 2.28 bits per heavy atom. The summed E-state index contributed by atoms with van der Waals surface area (Å²) in [6.07, 6.45) is -0.344. The minimum atomic E-state index is -1.14. The monoisotopic (exact) mass is 730 g/mol. The summed E-state index contributed by atoms with van der Waals surface area (Å²) in [6, 6.07) is 17.0. The Bertz CT molecular complexity index is 1870. The molecule has 3 aromatic rings. The number of nitrogens with two attached hydrogens (primary N) is 3. The highest BCUT2D eigenvalue weighted by atomic mass is 16.7. The van der Waals surface area contributed by atoms with Crippen molar-refractivity contribution in [2.24, 2.45) is 17.6 Å². The van der Waals surface area contributed by atoms with Gasteiger partial charge in [0.15, 0.2) is 5.78 Å². The predicted octanol–water partition coefficient (Wildman–Crippen LogP) is 3.12. The van der Waals surface area contributed by atoms with Crippen molar-refractivity contribution in [2.75, 3.05) is 39.9 Å². The summed E-state index contributed by atoms with van der Waals surface area (Å²) in [7, 11) is 0. The summed E-state index contributed by atoms with van der Waals surface area (Å²) in [6.45, 7) is 8.24. The fourth-order valence-corrected chi connectivity index (χ4v) is 5.82.